The van der Waals surface area contributed by atoms with Crippen LogP contribution in [0.3, 0.4) is 0 Å². The fourth-order valence-electron chi connectivity index (χ4n) is 2.26. The monoisotopic (exact) mass is 168 g/mol. The maximum atomic E-state index is 2.42. The summed E-state index contributed by atoms with van der Waals surface area (Å²) in [7, 11) is 0. The number of hydrogen-bond donors (Lipinski definition) is 0. The van der Waals surface area contributed by atoms with E-state index < -0.39 is 0 Å². The van der Waals surface area contributed by atoms with Crippen LogP contribution in [0.4, 0.5) is 0 Å². The van der Waals surface area contributed by atoms with Crippen molar-refractivity contribution < 1.29 is 0 Å². The van der Waals surface area contributed by atoms with E-state index in [1.165, 1.54) is 12.8 Å². The minimum absolute atomic E-state index is 0.921. The van der Waals surface area contributed by atoms with Gasteiger partial charge in [0.1, 0.15) is 0 Å². The summed E-state index contributed by atoms with van der Waals surface area (Å²) in [6.07, 6.45) is 2.81. The van der Waals surface area contributed by atoms with Crippen LogP contribution < -0.4 is 0 Å². The molecule has 1 aliphatic carbocycles. The first-order valence-electron chi connectivity index (χ1n) is 5.57. The summed E-state index contributed by atoms with van der Waals surface area (Å²) in [6.45, 7) is 11.9. The van der Waals surface area contributed by atoms with Crippen LogP contribution in [0.1, 0.15) is 47.5 Å². The maximum absolute atomic E-state index is 2.42. The van der Waals surface area contributed by atoms with Gasteiger partial charge in [0, 0.05) is 0 Å². The molecule has 0 saturated heterocycles. The zero-order chi connectivity index (χ0) is 9.30. The normalized spacial score (nSPS) is 39.2. The molecule has 0 heterocycles. The molecule has 0 bridgehead atoms. The molecule has 0 nitrogen and oxygen atoms in total. The zero-order valence-electron chi connectivity index (χ0n) is 9.30. The largest absolute Gasteiger partial charge is 0.0651 e. The Morgan fingerprint density at radius 3 is 1.83 bits per heavy atom. The molecule has 0 aliphatic heterocycles. The van der Waals surface area contributed by atoms with Crippen molar-refractivity contribution in [2.75, 3.05) is 0 Å². The van der Waals surface area contributed by atoms with Gasteiger partial charge < -0.3 is 0 Å². The molecular weight excluding hydrogens is 144 g/mol. The molecule has 0 radical (unpaired) electrons. The lowest BCUT2D eigenvalue weighted by molar-refractivity contribution is 0.331. The van der Waals surface area contributed by atoms with Crippen LogP contribution in [0.15, 0.2) is 0 Å². The molecule has 0 heteroatoms. The van der Waals surface area contributed by atoms with Gasteiger partial charge in [-0.1, -0.05) is 41.0 Å². The van der Waals surface area contributed by atoms with Crippen molar-refractivity contribution in [1.29, 1.82) is 0 Å². The molecule has 0 aromatic heterocycles. The molecule has 1 fully saturated rings. The highest BCUT2D eigenvalue weighted by molar-refractivity contribution is 4.91. The molecule has 0 N–H and O–H groups in total. The Hall–Kier alpha value is 0. The number of rotatable bonds is 4. The Morgan fingerprint density at radius 2 is 1.50 bits per heavy atom. The predicted octanol–water partition coefficient (Wildman–Crippen LogP) is 3.96. The fraction of sp³-hybridized carbons (Fsp3) is 1.00. The smallest absolute Gasteiger partial charge is 0.0355 e. The highest BCUT2D eigenvalue weighted by Crippen LogP contribution is 2.49. The van der Waals surface area contributed by atoms with Crippen molar-refractivity contribution in [2.45, 2.75) is 47.5 Å². The van der Waals surface area contributed by atoms with Crippen molar-refractivity contribution in [3.8, 4) is 0 Å². The lowest BCUT2D eigenvalue weighted by Gasteiger charge is -2.17. The van der Waals surface area contributed by atoms with Crippen molar-refractivity contribution in [1.82, 2.24) is 0 Å². The Bertz CT molecular complexity index is 131. The van der Waals surface area contributed by atoms with Crippen molar-refractivity contribution in [2.24, 2.45) is 29.6 Å². The summed E-state index contributed by atoms with van der Waals surface area (Å²) in [4.78, 5) is 0. The third-order valence-corrected chi connectivity index (χ3v) is 4.30. The SMILES string of the molecule is CCC(C)C(C)CC1C(C)C1C. The van der Waals surface area contributed by atoms with E-state index in [0.717, 1.165) is 29.6 Å². The number of hydrogen-bond acceptors (Lipinski definition) is 0. The quantitative estimate of drug-likeness (QED) is 0.596. The van der Waals surface area contributed by atoms with Crippen LogP contribution in [-0.4, -0.2) is 0 Å². The van der Waals surface area contributed by atoms with Crippen molar-refractivity contribution in [3.63, 3.8) is 0 Å². The van der Waals surface area contributed by atoms with Gasteiger partial charge in [-0.2, -0.15) is 0 Å². The van der Waals surface area contributed by atoms with Crippen LogP contribution in [0.2, 0.25) is 0 Å². The second-order valence-electron chi connectivity index (χ2n) is 4.98. The van der Waals surface area contributed by atoms with E-state index in [-0.39, 0.29) is 0 Å². The molecule has 0 amide bonds. The fourth-order valence-corrected chi connectivity index (χ4v) is 2.26. The van der Waals surface area contributed by atoms with Gasteiger partial charge in [-0.05, 0) is 36.0 Å². The average molecular weight is 168 g/mol. The van der Waals surface area contributed by atoms with E-state index in [1.54, 1.807) is 0 Å². The molecule has 0 spiro atoms. The molecule has 1 rings (SSSR count). The van der Waals surface area contributed by atoms with Gasteiger partial charge in [-0.3, -0.25) is 0 Å². The highest BCUT2D eigenvalue weighted by Gasteiger charge is 2.43. The molecule has 12 heavy (non-hydrogen) atoms. The molecule has 4 unspecified atom stereocenters. The molecule has 0 aromatic rings. The first-order chi connectivity index (χ1) is 5.57. The van der Waals surface area contributed by atoms with E-state index >= 15 is 0 Å². The minimum atomic E-state index is 0.921. The second-order valence-corrected chi connectivity index (χ2v) is 4.98. The summed E-state index contributed by atoms with van der Waals surface area (Å²) >= 11 is 0. The van der Waals surface area contributed by atoms with Gasteiger partial charge in [0.25, 0.3) is 0 Å². The minimum Gasteiger partial charge on any atom is -0.0651 e. The Labute approximate surface area is 77.7 Å². The third-order valence-electron chi connectivity index (χ3n) is 4.30. The van der Waals surface area contributed by atoms with Crippen LogP contribution in [0, 0.1) is 29.6 Å². The Balaban J connectivity index is 2.23. The first kappa shape index (κ1) is 10.1. The van der Waals surface area contributed by atoms with Crippen LogP contribution >= 0.6 is 0 Å². The lowest BCUT2D eigenvalue weighted by atomic mass is 9.88. The van der Waals surface area contributed by atoms with Gasteiger partial charge in [0.15, 0.2) is 0 Å². The van der Waals surface area contributed by atoms with Crippen LogP contribution in [0.25, 0.3) is 0 Å². The molecule has 1 aliphatic rings. The Kier molecular flexibility index (Phi) is 3.20. The molecule has 4 atom stereocenters. The van der Waals surface area contributed by atoms with Crippen LogP contribution in [0.5, 0.6) is 0 Å². The predicted molar refractivity (Wildman–Crippen MR) is 55.1 cm³/mol. The summed E-state index contributed by atoms with van der Waals surface area (Å²) in [5.41, 5.74) is 0. The van der Waals surface area contributed by atoms with Crippen LogP contribution in [-0.2, 0) is 0 Å². The summed E-state index contributed by atoms with van der Waals surface area (Å²) in [5.74, 6) is 4.93. The van der Waals surface area contributed by atoms with Gasteiger partial charge in [-0.25, -0.2) is 0 Å². The molecular formula is C12H24. The maximum Gasteiger partial charge on any atom is -0.0355 e. The van der Waals surface area contributed by atoms with Gasteiger partial charge in [0.2, 0.25) is 0 Å². The van der Waals surface area contributed by atoms with E-state index in [2.05, 4.69) is 34.6 Å². The van der Waals surface area contributed by atoms with E-state index in [0.29, 0.717) is 0 Å². The second kappa shape index (κ2) is 3.81. The van der Waals surface area contributed by atoms with Gasteiger partial charge >= 0.3 is 0 Å². The molecule has 72 valence electrons. The topological polar surface area (TPSA) is 0 Å². The van der Waals surface area contributed by atoms with E-state index in [9.17, 15) is 0 Å². The summed E-state index contributed by atoms with van der Waals surface area (Å²) in [5, 5.41) is 0. The molecule has 1 saturated carbocycles. The summed E-state index contributed by atoms with van der Waals surface area (Å²) in [6, 6.07) is 0. The third kappa shape index (κ3) is 2.02. The molecule has 0 aromatic carbocycles. The average Bonchev–Trinajstić information content (AvgIpc) is 2.60. The van der Waals surface area contributed by atoms with E-state index in [1.807, 2.05) is 0 Å². The first-order valence-corrected chi connectivity index (χ1v) is 5.57. The van der Waals surface area contributed by atoms with Crippen molar-refractivity contribution in [3.05, 3.63) is 0 Å². The zero-order valence-corrected chi connectivity index (χ0v) is 9.30. The highest BCUT2D eigenvalue weighted by atomic mass is 14.5. The Morgan fingerprint density at radius 1 is 1.00 bits per heavy atom. The van der Waals surface area contributed by atoms with E-state index in [4.69, 9.17) is 0 Å². The van der Waals surface area contributed by atoms with Crippen molar-refractivity contribution >= 4 is 0 Å². The standard InChI is InChI=1S/C12H24/c1-6-8(2)9(3)7-12-10(4)11(12)5/h8-12H,6-7H2,1-5H3. The van der Waals surface area contributed by atoms with Gasteiger partial charge in [-0.15, -0.1) is 0 Å². The summed E-state index contributed by atoms with van der Waals surface area (Å²) < 4.78 is 0. The lowest BCUT2D eigenvalue weighted by Crippen LogP contribution is -2.08. The van der Waals surface area contributed by atoms with Gasteiger partial charge in [0.05, 0.1) is 0 Å².